The summed E-state index contributed by atoms with van der Waals surface area (Å²) in [6.07, 6.45) is 34.3. The third-order valence-corrected chi connectivity index (χ3v) is 31.7. The molecule has 36 rings (SSSR count). The molecule has 0 saturated heterocycles. The molecule has 648 valence electrons. The normalized spacial score (nSPS) is 13.5. The second-order valence-electron chi connectivity index (χ2n) is 39.0. The van der Waals surface area contributed by atoms with E-state index in [1.165, 1.54) is 178 Å². The first kappa shape index (κ1) is 75.1. The van der Waals surface area contributed by atoms with Crippen molar-refractivity contribution < 1.29 is 0 Å². The Balaban J connectivity index is 0.0000000829. The van der Waals surface area contributed by atoms with Gasteiger partial charge in [-0.05, 0) is 386 Å². The number of fused-ring (bicyclic) bond motifs is 56. The summed E-state index contributed by atoms with van der Waals surface area (Å²) in [6.45, 7) is 0. The van der Waals surface area contributed by atoms with Crippen molar-refractivity contribution in [2.75, 3.05) is 0 Å². The van der Waals surface area contributed by atoms with Crippen molar-refractivity contribution in [1.82, 2.24) is 77.4 Å². The molecule has 0 N–H and O–H groups in total. The van der Waals surface area contributed by atoms with Gasteiger partial charge in [-0.1, -0.05) is 103 Å². The number of rotatable bonds is 0. The third kappa shape index (κ3) is 10.5. The van der Waals surface area contributed by atoms with E-state index in [1.807, 2.05) is 98.9 Å². The maximum atomic E-state index is 5.16. The van der Waals surface area contributed by atoms with Crippen LogP contribution >= 0.6 is 0 Å². The number of imidazole rings is 4. The van der Waals surface area contributed by atoms with E-state index in [1.54, 1.807) is 0 Å². The van der Waals surface area contributed by atoms with Gasteiger partial charge in [0.2, 0.25) is 0 Å². The molecule has 28 aromatic rings. The van der Waals surface area contributed by atoms with Crippen LogP contribution in [0.4, 0.5) is 0 Å². The Kier molecular flexibility index (Phi) is 14.9. The van der Waals surface area contributed by atoms with Crippen LogP contribution in [-0.2, 0) is 51.4 Å². The van der Waals surface area contributed by atoms with Crippen LogP contribution < -0.4 is 0 Å². The van der Waals surface area contributed by atoms with Crippen molar-refractivity contribution >= 4 is 154 Å². The van der Waals surface area contributed by atoms with E-state index in [2.05, 4.69) is 295 Å². The molecule has 0 bridgehead atoms. The van der Waals surface area contributed by atoms with Gasteiger partial charge in [-0.3, -0.25) is 57.5 Å². The van der Waals surface area contributed by atoms with Crippen LogP contribution in [0.25, 0.3) is 243 Å². The fourth-order valence-corrected chi connectivity index (χ4v) is 25.6. The highest BCUT2D eigenvalue weighted by molar-refractivity contribution is 6.18. The average molecular weight is 1790 g/mol. The van der Waals surface area contributed by atoms with Gasteiger partial charge in [-0.2, -0.15) is 0 Å². The van der Waals surface area contributed by atoms with E-state index in [9.17, 15) is 0 Å². The van der Waals surface area contributed by atoms with Crippen molar-refractivity contribution in [2.45, 2.75) is 51.4 Å². The van der Waals surface area contributed by atoms with E-state index < -0.39 is 0 Å². The molecule has 0 aliphatic heterocycles. The summed E-state index contributed by atoms with van der Waals surface area (Å²) in [7, 11) is 0. The summed E-state index contributed by atoms with van der Waals surface area (Å²) >= 11 is 0. The average Bonchev–Trinajstić information content (AvgIpc) is 1.56. The standard InChI is InChI=1S/4C31H18N4/c1-2-5-21-17(4-1)10-18-13-24-19(12-23(18)21)11-20-14-29-27(15-25(20)24)34-31-22-6-3-8-33-30(22)26-16-32-9-7-28(26)35(29)31;1-2-5-21-17(4-1)10-18-13-24-19(12-23(18)21)11-20-14-29-27(15-25(20)24)34-31-30-22(6-3-8-33-30)26-16-32-9-7-28(26)35(29)31;1-2-4-21-17(3-1)9-18-12-24-19(11-23(18)21)10-20-13-30-28(14-25(20)24)34-31-22-5-7-32-15-26(22)27-16-33-8-6-29(27)35(30)31;1-2-4-21-17(3-1)9-18-12-24-19(11-23(18)21)10-20-13-30-28(14-25(20)24)34-31-27-16-32-7-5-22(27)26-15-33-8-6-29(26)35(30)31/h2*1-9,12-16H,10-11H2;2*1-8,11-16H,9-10H2. The van der Waals surface area contributed by atoms with Gasteiger partial charge in [0.15, 0.2) is 5.65 Å². The number of pyridine rings is 12. The summed E-state index contributed by atoms with van der Waals surface area (Å²) in [5.41, 5.74) is 63.3. The Morgan fingerprint density at radius 2 is 0.421 bits per heavy atom. The molecule has 0 radical (unpaired) electrons. The number of aromatic nitrogens is 16. The monoisotopic (exact) mass is 1780 g/mol. The van der Waals surface area contributed by atoms with Gasteiger partial charge in [0.25, 0.3) is 0 Å². The number of hydrogen-bond donors (Lipinski definition) is 0. The fourth-order valence-electron chi connectivity index (χ4n) is 25.6. The Labute approximate surface area is 796 Å². The molecule has 0 atom stereocenters. The number of hydrogen-bond acceptors (Lipinski definition) is 12. The first-order chi connectivity index (χ1) is 69.3. The highest BCUT2D eigenvalue weighted by atomic mass is 15.1. The van der Waals surface area contributed by atoms with Gasteiger partial charge in [0, 0.05) is 135 Å². The van der Waals surface area contributed by atoms with Crippen LogP contribution in [0.15, 0.2) is 342 Å². The molecule has 140 heavy (non-hydrogen) atoms. The minimum absolute atomic E-state index is 0.905. The SMILES string of the molecule is c1ccc2c(c1)Cc1cc3c(cc1-2)Cc1cc2c(cc1-3)nc1c3cccnc3c3cnccc3n21.c1ccc2c(c1)Cc1cc3c(cc1-2)Cc1cc2c(cc1-3)nc1c3ccncc3c3cnccc3n21.c1ccc2c(c1)Cc1cc3c(cc1-2)Cc1cc2c(cc1-3)nc1c3cnccc3c3cnccc3n21.c1ccc2c(c1)Cc1cc3c(cc1-2)Cc1cc2c(cc1-3)nc1c3ncccc3c3cnccc3n21. The summed E-state index contributed by atoms with van der Waals surface area (Å²) in [4.78, 5) is 56.4. The molecule has 0 unspecified atom stereocenters. The molecular formula is C124H72N16. The summed E-state index contributed by atoms with van der Waals surface area (Å²) in [5, 5.41) is 10.9. The van der Waals surface area contributed by atoms with Gasteiger partial charge >= 0.3 is 0 Å². The molecule has 0 spiro atoms. The maximum Gasteiger partial charge on any atom is 0.165 e. The lowest BCUT2D eigenvalue weighted by Gasteiger charge is -2.08. The Bertz CT molecular complexity index is 9460. The predicted octanol–water partition coefficient (Wildman–Crippen LogP) is 26.9. The van der Waals surface area contributed by atoms with Crippen molar-refractivity contribution in [3.05, 3.63) is 431 Å². The van der Waals surface area contributed by atoms with Crippen LogP contribution in [0.1, 0.15) is 89.0 Å². The molecule has 8 aliphatic rings. The molecular weight excluding hydrogens is 1710 g/mol. The zero-order valence-corrected chi connectivity index (χ0v) is 75.1. The summed E-state index contributed by atoms with van der Waals surface area (Å²) in [6, 6.07) is 93.9. The van der Waals surface area contributed by atoms with E-state index in [4.69, 9.17) is 24.9 Å². The van der Waals surface area contributed by atoms with Crippen LogP contribution in [0.2, 0.25) is 0 Å². The maximum absolute atomic E-state index is 5.16. The second kappa shape index (κ2) is 27.7. The molecule has 16 heterocycles. The van der Waals surface area contributed by atoms with E-state index in [0.717, 1.165) is 205 Å². The molecule has 8 aliphatic carbocycles. The first-order valence-corrected chi connectivity index (χ1v) is 48.1. The molecule has 12 aromatic carbocycles. The third-order valence-electron chi connectivity index (χ3n) is 31.7. The van der Waals surface area contributed by atoms with Gasteiger partial charge in [0.1, 0.15) is 22.5 Å². The number of benzene rings is 12. The Hall–Kier alpha value is -18.3. The zero-order valence-electron chi connectivity index (χ0n) is 75.1. The summed E-state index contributed by atoms with van der Waals surface area (Å²) in [5.74, 6) is 0. The lowest BCUT2D eigenvalue weighted by molar-refractivity contribution is 1.23. The lowest BCUT2D eigenvalue weighted by atomic mass is 9.98. The highest BCUT2D eigenvalue weighted by Gasteiger charge is 2.34. The molecule has 0 amide bonds. The van der Waals surface area contributed by atoms with Gasteiger partial charge in [-0.25, -0.2) is 19.9 Å². The van der Waals surface area contributed by atoms with Gasteiger partial charge in [0.05, 0.1) is 71.7 Å². The van der Waals surface area contributed by atoms with Gasteiger partial charge < -0.3 is 0 Å². The molecule has 0 saturated carbocycles. The summed E-state index contributed by atoms with van der Waals surface area (Å²) < 4.78 is 9.14. The molecule has 16 nitrogen and oxygen atoms in total. The minimum atomic E-state index is 0.905. The zero-order chi connectivity index (χ0) is 90.7. The lowest BCUT2D eigenvalue weighted by Crippen LogP contribution is -1.93. The Morgan fingerprint density at radius 3 is 0.821 bits per heavy atom. The molecule has 0 fully saturated rings. The van der Waals surface area contributed by atoms with Crippen LogP contribution in [0.5, 0.6) is 0 Å². The Morgan fingerprint density at radius 1 is 0.157 bits per heavy atom. The van der Waals surface area contributed by atoms with Crippen molar-refractivity contribution in [3.8, 4) is 89.0 Å². The molecule has 16 aromatic heterocycles. The predicted molar refractivity (Wildman–Crippen MR) is 559 cm³/mol. The van der Waals surface area contributed by atoms with Crippen LogP contribution in [0, 0.1) is 0 Å². The number of nitrogens with zero attached hydrogens (tertiary/aromatic N) is 16. The van der Waals surface area contributed by atoms with Crippen molar-refractivity contribution in [2.24, 2.45) is 0 Å². The van der Waals surface area contributed by atoms with Crippen LogP contribution in [0.3, 0.4) is 0 Å². The quantitative estimate of drug-likeness (QED) is 0.132. The second-order valence-corrected chi connectivity index (χ2v) is 39.0. The molecule has 16 heteroatoms. The fraction of sp³-hybridized carbons (Fsp3) is 0.0645. The van der Waals surface area contributed by atoms with Crippen molar-refractivity contribution in [1.29, 1.82) is 0 Å². The highest BCUT2D eigenvalue weighted by Crippen LogP contribution is 2.53. The smallest absolute Gasteiger partial charge is 0.165 e. The van der Waals surface area contributed by atoms with Crippen LogP contribution in [-0.4, -0.2) is 77.4 Å². The van der Waals surface area contributed by atoms with Crippen molar-refractivity contribution in [3.63, 3.8) is 0 Å². The van der Waals surface area contributed by atoms with Gasteiger partial charge in [-0.15, -0.1) is 0 Å². The minimum Gasteiger partial charge on any atom is -0.292 e. The van der Waals surface area contributed by atoms with E-state index >= 15 is 0 Å². The first-order valence-electron chi connectivity index (χ1n) is 48.1. The topological polar surface area (TPSA) is 172 Å². The van der Waals surface area contributed by atoms with E-state index in [-0.39, 0.29) is 0 Å². The largest absolute Gasteiger partial charge is 0.292 e. The van der Waals surface area contributed by atoms with E-state index in [0.29, 0.717) is 0 Å².